The molecule has 0 aliphatic rings. The molecule has 0 aromatic heterocycles. The molecule has 0 atom stereocenters. The number of carbonyl (C=O) groups excluding carboxylic acids is 1. The van der Waals surface area contributed by atoms with Crippen molar-refractivity contribution in [3.8, 4) is 0 Å². The highest BCUT2D eigenvalue weighted by Gasteiger charge is 1.94. The lowest BCUT2D eigenvalue weighted by molar-refractivity contribution is 0.125. The van der Waals surface area contributed by atoms with Gasteiger partial charge >= 0.3 is 0 Å². The van der Waals surface area contributed by atoms with Gasteiger partial charge in [0.15, 0.2) is 0 Å². The molecular weight excluding hydrogens is 262 g/mol. The summed E-state index contributed by atoms with van der Waals surface area (Å²) in [6.45, 7) is 4.79. The minimum atomic E-state index is 0.652. The van der Waals surface area contributed by atoms with Gasteiger partial charge in [-0.1, -0.05) is 71.1 Å². The van der Waals surface area contributed by atoms with Crippen LogP contribution in [-0.2, 0) is 9.53 Å². The average Bonchev–Trinajstić information content (AvgIpc) is 2.50. The Labute approximate surface area is 131 Å². The zero-order valence-electron chi connectivity index (χ0n) is 14.1. The Morgan fingerprint density at radius 1 is 0.714 bits per heavy atom. The fraction of sp³-hybridized carbons (Fsp3) is 0.944. The van der Waals surface area contributed by atoms with E-state index < -0.39 is 0 Å². The van der Waals surface area contributed by atoms with Crippen LogP contribution in [0.3, 0.4) is 0 Å². The Balaban J connectivity index is 2.94. The molecule has 0 radical (unpaired) electrons. The molecule has 0 amide bonds. The maximum atomic E-state index is 9.86. The van der Waals surface area contributed by atoms with Gasteiger partial charge in [-0.3, -0.25) is 0 Å². The summed E-state index contributed by atoms with van der Waals surface area (Å²) in [6, 6.07) is 0. The van der Waals surface area contributed by atoms with E-state index in [-0.39, 0.29) is 0 Å². The van der Waals surface area contributed by atoms with Gasteiger partial charge in [-0.05, 0) is 19.3 Å². The van der Waals surface area contributed by atoms with Gasteiger partial charge in [0.25, 0.3) is 0 Å². The SMILES string of the molecule is CCCCCCCOCCCCCCCCCCN=C=O. The summed E-state index contributed by atoms with van der Waals surface area (Å²) in [4.78, 5) is 13.4. The quantitative estimate of drug-likeness (QED) is 0.204. The van der Waals surface area contributed by atoms with Crippen molar-refractivity contribution in [1.82, 2.24) is 0 Å². The Kier molecular flexibility index (Phi) is 18.7. The molecule has 21 heavy (non-hydrogen) atoms. The van der Waals surface area contributed by atoms with Crippen molar-refractivity contribution < 1.29 is 9.53 Å². The molecule has 0 aromatic carbocycles. The lowest BCUT2D eigenvalue weighted by Gasteiger charge is -2.04. The number of isocyanates is 1. The van der Waals surface area contributed by atoms with E-state index in [1.54, 1.807) is 6.08 Å². The first-order valence-corrected chi connectivity index (χ1v) is 9.03. The predicted molar refractivity (Wildman–Crippen MR) is 89.5 cm³/mol. The highest BCUT2D eigenvalue weighted by molar-refractivity contribution is 5.32. The van der Waals surface area contributed by atoms with E-state index >= 15 is 0 Å². The van der Waals surface area contributed by atoms with Crippen molar-refractivity contribution >= 4 is 6.08 Å². The first-order valence-electron chi connectivity index (χ1n) is 9.03. The Morgan fingerprint density at radius 3 is 1.71 bits per heavy atom. The zero-order valence-corrected chi connectivity index (χ0v) is 14.1. The van der Waals surface area contributed by atoms with Gasteiger partial charge in [-0.15, -0.1) is 0 Å². The second kappa shape index (κ2) is 19.3. The molecule has 0 spiro atoms. The van der Waals surface area contributed by atoms with E-state index in [0.29, 0.717) is 6.54 Å². The van der Waals surface area contributed by atoms with Crippen LogP contribution in [-0.4, -0.2) is 25.8 Å². The van der Waals surface area contributed by atoms with E-state index in [1.165, 1.54) is 77.0 Å². The summed E-state index contributed by atoms with van der Waals surface area (Å²) < 4.78 is 5.65. The lowest BCUT2D eigenvalue weighted by atomic mass is 10.1. The summed E-state index contributed by atoms with van der Waals surface area (Å²) in [5, 5.41) is 0. The summed E-state index contributed by atoms with van der Waals surface area (Å²) in [5.41, 5.74) is 0. The van der Waals surface area contributed by atoms with Crippen LogP contribution in [0.2, 0.25) is 0 Å². The van der Waals surface area contributed by atoms with Crippen LogP contribution in [0.5, 0.6) is 0 Å². The second-order valence-corrected chi connectivity index (χ2v) is 5.83. The second-order valence-electron chi connectivity index (χ2n) is 5.83. The Morgan fingerprint density at radius 2 is 1.19 bits per heavy atom. The molecule has 0 saturated carbocycles. The highest BCUT2D eigenvalue weighted by atomic mass is 16.5. The molecular formula is C18H35NO2. The van der Waals surface area contributed by atoms with Gasteiger partial charge in [0.2, 0.25) is 6.08 Å². The van der Waals surface area contributed by atoms with Gasteiger partial charge in [-0.25, -0.2) is 9.79 Å². The summed E-state index contributed by atoms with van der Waals surface area (Å²) in [7, 11) is 0. The molecule has 0 unspecified atom stereocenters. The number of ether oxygens (including phenoxy) is 1. The number of rotatable bonds is 17. The highest BCUT2D eigenvalue weighted by Crippen LogP contribution is 2.09. The Hall–Kier alpha value is -0.660. The van der Waals surface area contributed by atoms with Gasteiger partial charge in [0.05, 0.1) is 6.54 Å². The molecule has 3 nitrogen and oxygen atoms in total. The van der Waals surface area contributed by atoms with Crippen molar-refractivity contribution in [2.45, 2.75) is 90.4 Å². The molecule has 0 aromatic rings. The fourth-order valence-electron chi connectivity index (χ4n) is 2.41. The maximum Gasteiger partial charge on any atom is 0.234 e. The lowest BCUT2D eigenvalue weighted by Crippen LogP contribution is -1.97. The van der Waals surface area contributed by atoms with Crippen LogP contribution in [0.1, 0.15) is 90.4 Å². The molecule has 0 N–H and O–H groups in total. The molecule has 0 bridgehead atoms. The van der Waals surface area contributed by atoms with Gasteiger partial charge < -0.3 is 4.74 Å². The zero-order chi connectivity index (χ0) is 15.4. The molecule has 0 fully saturated rings. The summed E-state index contributed by atoms with van der Waals surface area (Å²) in [6.07, 6.45) is 18.1. The van der Waals surface area contributed by atoms with Gasteiger partial charge in [0.1, 0.15) is 0 Å². The minimum absolute atomic E-state index is 0.652. The first-order chi connectivity index (χ1) is 10.4. The molecule has 0 aliphatic heterocycles. The van der Waals surface area contributed by atoms with Crippen LogP contribution in [0.25, 0.3) is 0 Å². The van der Waals surface area contributed by atoms with E-state index in [1.807, 2.05) is 0 Å². The molecule has 0 saturated heterocycles. The maximum absolute atomic E-state index is 9.86. The fourth-order valence-corrected chi connectivity index (χ4v) is 2.41. The van der Waals surface area contributed by atoms with E-state index in [9.17, 15) is 4.79 Å². The first kappa shape index (κ1) is 20.3. The van der Waals surface area contributed by atoms with Crippen LogP contribution < -0.4 is 0 Å². The third-order valence-corrected chi connectivity index (χ3v) is 3.77. The van der Waals surface area contributed by atoms with E-state index in [4.69, 9.17) is 4.74 Å². The van der Waals surface area contributed by atoms with Crippen molar-refractivity contribution in [2.24, 2.45) is 4.99 Å². The third-order valence-electron chi connectivity index (χ3n) is 3.77. The summed E-state index contributed by atoms with van der Waals surface area (Å²) >= 11 is 0. The van der Waals surface area contributed by atoms with Crippen LogP contribution in [0.4, 0.5) is 0 Å². The van der Waals surface area contributed by atoms with Gasteiger partial charge in [-0.2, -0.15) is 0 Å². The Bertz CT molecular complexity index is 237. The van der Waals surface area contributed by atoms with Crippen molar-refractivity contribution in [1.29, 1.82) is 0 Å². The van der Waals surface area contributed by atoms with Crippen molar-refractivity contribution in [2.75, 3.05) is 19.8 Å². The normalized spacial score (nSPS) is 10.5. The molecule has 124 valence electrons. The van der Waals surface area contributed by atoms with Crippen molar-refractivity contribution in [3.05, 3.63) is 0 Å². The molecule has 0 aliphatic carbocycles. The standard InChI is InChI=1S/C18H35NO2/c1-2-3-4-10-13-16-21-17-14-11-8-6-5-7-9-12-15-19-18-20/h2-17H2,1H3. The number of hydrogen-bond donors (Lipinski definition) is 0. The van der Waals surface area contributed by atoms with Crippen LogP contribution >= 0.6 is 0 Å². The average molecular weight is 297 g/mol. The van der Waals surface area contributed by atoms with E-state index in [0.717, 1.165) is 19.6 Å². The topological polar surface area (TPSA) is 38.7 Å². The number of nitrogens with zero attached hydrogens (tertiary/aromatic N) is 1. The smallest absolute Gasteiger partial charge is 0.234 e. The van der Waals surface area contributed by atoms with E-state index in [2.05, 4.69) is 11.9 Å². The molecule has 0 rings (SSSR count). The van der Waals surface area contributed by atoms with Crippen LogP contribution in [0, 0.1) is 0 Å². The molecule has 0 heterocycles. The van der Waals surface area contributed by atoms with Crippen molar-refractivity contribution in [3.63, 3.8) is 0 Å². The number of unbranched alkanes of at least 4 members (excludes halogenated alkanes) is 11. The molecule has 3 heteroatoms. The number of aliphatic imine (C=N–C) groups is 1. The summed E-state index contributed by atoms with van der Waals surface area (Å²) in [5.74, 6) is 0. The van der Waals surface area contributed by atoms with Gasteiger partial charge in [0, 0.05) is 13.2 Å². The third kappa shape index (κ3) is 19.3. The minimum Gasteiger partial charge on any atom is -0.381 e. The monoisotopic (exact) mass is 297 g/mol. The van der Waals surface area contributed by atoms with Crippen LogP contribution in [0.15, 0.2) is 4.99 Å². The number of hydrogen-bond acceptors (Lipinski definition) is 3. The largest absolute Gasteiger partial charge is 0.381 e. The predicted octanol–water partition coefficient (Wildman–Crippen LogP) is 5.43.